The van der Waals surface area contributed by atoms with E-state index in [1.165, 1.54) is 18.4 Å². The van der Waals surface area contributed by atoms with Crippen molar-refractivity contribution >= 4 is 5.91 Å². The predicted molar refractivity (Wildman–Crippen MR) is 95.9 cm³/mol. The van der Waals surface area contributed by atoms with E-state index in [1.54, 1.807) is 0 Å². The Labute approximate surface area is 149 Å². The topological polar surface area (TPSA) is 51.0 Å². The third-order valence-electron chi connectivity index (χ3n) is 5.82. The predicted octanol–water partition coefficient (Wildman–Crippen LogP) is 3.06. The lowest BCUT2D eigenvalue weighted by molar-refractivity contribution is -0.146. The van der Waals surface area contributed by atoms with E-state index in [2.05, 4.69) is 39.0 Å². The molecule has 0 spiro atoms. The Bertz CT molecular complexity index is 759. The lowest BCUT2D eigenvalue weighted by Gasteiger charge is -2.42. The first-order valence-electron chi connectivity index (χ1n) is 9.27. The molecule has 2 aliphatic carbocycles. The summed E-state index contributed by atoms with van der Waals surface area (Å²) >= 11 is 0. The molecule has 2 aromatic rings. The molecule has 0 atom stereocenters. The maximum Gasteiger partial charge on any atom is 0.229 e. The highest BCUT2D eigenvalue weighted by atomic mass is 16.2. The molecule has 2 aliphatic rings. The number of amides is 1. The van der Waals surface area contributed by atoms with E-state index < -0.39 is 0 Å². The fourth-order valence-corrected chi connectivity index (χ4v) is 3.96. The number of benzene rings is 1. The minimum absolute atomic E-state index is 0.228. The molecule has 0 N–H and O–H groups in total. The largest absolute Gasteiger partial charge is 0.338 e. The van der Waals surface area contributed by atoms with Crippen molar-refractivity contribution in [2.75, 3.05) is 7.05 Å². The molecule has 5 heteroatoms. The summed E-state index contributed by atoms with van der Waals surface area (Å²) in [5.74, 6) is 2.77. The van der Waals surface area contributed by atoms with Gasteiger partial charge in [0.05, 0.1) is 12.0 Å². The minimum atomic E-state index is -0.228. The van der Waals surface area contributed by atoms with Crippen LogP contribution in [0.2, 0.25) is 0 Å². The number of hydrogen-bond donors (Lipinski definition) is 0. The summed E-state index contributed by atoms with van der Waals surface area (Å²) in [6, 6.07) is 10.4. The van der Waals surface area contributed by atoms with Gasteiger partial charge in [-0.1, -0.05) is 36.8 Å². The van der Waals surface area contributed by atoms with Crippen LogP contribution in [0.1, 0.15) is 55.2 Å². The molecular weight excluding hydrogens is 312 g/mol. The van der Waals surface area contributed by atoms with E-state index in [4.69, 9.17) is 0 Å². The van der Waals surface area contributed by atoms with Gasteiger partial charge < -0.3 is 9.47 Å². The lowest BCUT2D eigenvalue weighted by Crippen LogP contribution is -2.47. The monoisotopic (exact) mass is 338 g/mol. The van der Waals surface area contributed by atoms with Gasteiger partial charge in [0.15, 0.2) is 5.82 Å². The molecule has 4 rings (SSSR count). The summed E-state index contributed by atoms with van der Waals surface area (Å²) in [4.78, 5) is 15.0. The molecule has 2 saturated carbocycles. The zero-order chi connectivity index (χ0) is 17.4. The van der Waals surface area contributed by atoms with Crippen molar-refractivity contribution in [3.05, 3.63) is 47.5 Å². The van der Waals surface area contributed by atoms with Crippen molar-refractivity contribution in [2.24, 2.45) is 12.5 Å². The first-order chi connectivity index (χ1) is 12.1. The van der Waals surface area contributed by atoms with E-state index in [-0.39, 0.29) is 11.3 Å². The van der Waals surface area contributed by atoms with Crippen LogP contribution in [0.3, 0.4) is 0 Å². The minimum Gasteiger partial charge on any atom is -0.338 e. The van der Waals surface area contributed by atoms with Crippen LogP contribution in [0.15, 0.2) is 30.3 Å². The summed E-state index contributed by atoms with van der Waals surface area (Å²) in [7, 11) is 3.92. The van der Waals surface area contributed by atoms with Gasteiger partial charge in [-0.15, -0.1) is 10.2 Å². The molecule has 1 aromatic heterocycles. The third-order valence-corrected chi connectivity index (χ3v) is 5.82. The van der Waals surface area contributed by atoms with E-state index in [9.17, 15) is 4.79 Å². The molecule has 1 amide bonds. The first kappa shape index (κ1) is 16.3. The van der Waals surface area contributed by atoms with Gasteiger partial charge in [0.2, 0.25) is 5.91 Å². The molecule has 2 fully saturated rings. The van der Waals surface area contributed by atoms with E-state index in [0.29, 0.717) is 12.5 Å². The van der Waals surface area contributed by atoms with Gasteiger partial charge in [-0.2, -0.15) is 0 Å². The molecule has 5 nitrogen and oxygen atoms in total. The average molecular weight is 338 g/mol. The highest BCUT2D eigenvalue weighted by Crippen LogP contribution is 2.45. The van der Waals surface area contributed by atoms with Crippen molar-refractivity contribution < 1.29 is 4.79 Å². The van der Waals surface area contributed by atoms with Crippen LogP contribution >= 0.6 is 0 Å². The summed E-state index contributed by atoms with van der Waals surface area (Å²) in [6.45, 7) is 0.533. The van der Waals surface area contributed by atoms with Gasteiger partial charge in [-0.25, -0.2) is 0 Å². The number of rotatable bonds is 6. The third kappa shape index (κ3) is 3.08. The van der Waals surface area contributed by atoms with E-state index in [1.807, 2.05) is 25.1 Å². The highest BCUT2D eigenvalue weighted by molar-refractivity contribution is 5.83. The maximum absolute atomic E-state index is 13.2. The molecule has 0 radical (unpaired) electrons. The van der Waals surface area contributed by atoms with Crippen molar-refractivity contribution in [1.29, 1.82) is 0 Å². The zero-order valence-electron chi connectivity index (χ0n) is 15.1. The molecule has 0 bridgehead atoms. The summed E-state index contributed by atoms with van der Waals surface area (Å²) in [5, 5.41) is 8.66. The number of aromatic nitrogens is 3. The SMILES string of the molecule is CN(Cc1nnc(C2CC2)n1C)C(=O)C1(Cc2ccccc2)CCC1. The Morgan fingerprint density at radius 1 is 1.24 bits per heavy atom. The number of hydrogen-bond acceptors (Lipinski definition) is 3. The van der Waals surface area contributed by atoms with Crippen LogP contribution in [0.25, 0.3) is 0 Å². The molecule has 0 unspecified atom stereocenters. The van der Waals surface area contributed by atoms with Gasteiger partial charge in [-0.3, -0.25) is 4.79 Å². The molecule has 0 saturated heterocycles. The van der Waals surface area contributed by atoms with Crippen LogP contribution in [0.5, 0.6) is 0 Å². The number of carbonyl (C=O) groups is 1. The van der Waals surface area contributed by atoms with Crippen molar-refractivity contribution in [3.8, 4) is 0 Å². The van der Waals surface area contributed by atoms with Crippen LogP contribution in [0.4, 0.5) is 0 Å². The summed E-state index contributed by atoms with van der Waals surface area (Å²) in [5.41, 5.74) is 1.02. The fourth-order valence-electron chi connectivity index (χ4n) is 3.96. The Morgan fingerprint density at radius 3 is 2.56 bits per heavy atom. The first-order valence-corrected chi connectivity index (χ1v) is 9.27. The van der Waals surface area contributed by atoms with Crippen LogP contribution in [-0.4, -0.2) is 32.6 Å². The quantitative estimate of drug-likeness (QED) is 0.813. The standard InChI is InChI=1S/C20H26N4O/c1-23(14-17-21-22-18(24(17)2)16-9-10-16)19(25)20(11-6-12-20)13-15-7-4-3-5-8-15/h3-5,7-8,16H,6,9-14H2,1-2H3. The lowest BCUT2D eigenvalue weighted by atomic mass is 9.64. The Balaban J connectivity index is 1.47. The van der Waals surface area contributed by atoms with Gasteiger partial charge in [0.25, 0.3) is 0 Å². The molecule has 1 aromatic carbocycles. The van der Waals surface area contributed by atoms with Gasteiger partial charge in [-0.05, 0) is 37.7 Å². The van der Waals surface area contributed by atoms with Crippen molar-refractivity contribution in [2.45, 2.75) is 51.0 Å². The zero-order valence-corrected chi connectivity index (χ0v) is 15.1. The van der Waals surface area contributed by atoms with Crippen LogP contribution < -0.4 is 0 Å². The summed E-state index contributed by atoms with van der Waals surface area (Å²) < 4.78 is 2.08. The molecule has 0 aliphatic heterocycles. The van der Waals surface area contributed by atoms with E-state index >= 15 is 0 Å². The van der Waals surface area contributed by atoms with Gasteiger partial charge >= 0.3 is 0 Å². The van der Waals surface area contributed by atoms with E-state index in [0.717, 1.165) is 37.3 Å². The normalized spacial score (nSPS) is 18.6. The molecule has 25 heavy (non-hydrogen) atoms. The van der Waals surface area contributed by atoms with Crippen molar-refractivity contribution in [3.63, 3.8) is 0 Å². The highest BCUT2D eigenvalue weighted by Gasteiger charge is 2.45. The van der Waals surface area contributed by atoms with Crippen LogP contribution in [0, 0.1) is 5.41 Å². The fraction of sp³-hybridized carbons (Fsp3) is 0.550. The van der Waals surface area contributed by atoms with Crippen LogP contribution in [-0.2, 0) is 24.8 Å². The number of nitrogens with zero attached hydrogens (tertiary/aromatic N) is 4. The molecular formula is C20H26N4O. The molecule has 132 valence electrons. The molecule has 1 heterocycles. The Morgan fingerprint density at radius 2 is 1.96 bits per heavy atom. The van der Waals surface area contributed by atoms with Crippen molar-refractivity contribution in [1.82, 2.24) is 19.7 Å². The second kappa shape index (κ2) is 6.28. The smallest absolute Gasteiger partial charge is 0.229 e. The summed E-state index contributed by atoms with van der Waals surface area (Å²) in [6.07, 6.45) is 6.36. The Hall–Kier alpha value is -2.17. The maximum atomic E-state index is 13.2. The van der Waals surface area contributed by atoms with Gasteiger partial charge in [0.1, 0.15) is 5.82 Å². The van der Waals surface area contributed by atoms with Gasteiger partial charge in [0, 0.05) is 20.0 Å². The second-order valence-electron chi connectivity index (χ2n) is 7.77. The average Bonchev–Trinajstić information content (AvgIpc) is 3.36. The number of carbonyl (C=O) groups excluding carboxylic acids is 1. The second-order valence-corrected chi connectivity index (χ2v) is 7.77. The Kier molecular flexibility index (Phi) is 4.10.